The van der Waals surface area contributed by atoms with E-state index in [1.165, 1.54) is 0 Å². The number of hydrogen-bond donors (Lipinski definition) is 2. The lowest BCUT2D eigenvalue weighted by atomic mass is 10.1. The zero-order chi connectivity index (χ0) is 13.1. The van der Waals surface area contributed by atoms with Crippen molar-refractivity contribution in [3.05, 3.63) is 23.8 Å². The molecule has 1 aliphatic heterocycles. The van der Waals surface area contributed by atoms with Crippen LogP contribution in [0.15, 0.2) is 18.2 Å². The van der Waals surface area contributed by atoms with Crippen LogP contribution < -0.4 is 4.74 Å². The van der Waals surface area contributed by atoms with Crippen molar-refractivity contribution in [3.63, 3.8) is 0 Å². The molecule has 1 unspecified atom stereocenters. The van der Waals surface area contributed by atoms with Crippen molar-refractivity contribution in [1.82, 2.24) is 4.90 Å². The van der Waals surface area contributed by atoms with E-state index < -0.39 is 5.97 Å². The Morgan fingerprint density at radius 3 is 2.89 bits per heavy atom. The van der Waals surface area contributed by atoms with Crippen LogP contribution in [0.1, 0.15) is 12.0 Å². The highest BCUT2D eigenvalue weighted by atomic mass is 16.5. The summed E-state index contributed by atoms with van der Waals surface area (Å²) in [5.41, 5.74) is 0.793. The number of methoxy groups -OCH3 is 1. The van der Waals surface area contributed by atoms with E-state index in [-0.39, 0.29) is 11.7 Å². The summed E-state index contributed by atoms with van der Waals surface area (Å²) >= 11 is 0. The van der Waals surface area contributed by atoms with Gasteiger partial charge in [0.15, 0.2) is 0 Å². The van der Waals surface area contributed by atoms with Gasteiger partial charge in [-0.15, -0.1) is 0 Å². The molecule has 0 aromatic heterocycles. The average molecular weight is 251 g/mol. The molecule has 98 valence electrons. The Hall–Kier alpha value is -1.75. The molecule has 1 saturated heterocycles. The van der Waals surface area contributed by atoms with E-state index in [1.807, 2.05) is 11.0 Å². The number of phenols is 1. The molecule has 0 bridgehead atoms. The fourth-order valence-corrected chi connectivity index (χ4v) is 2.22. The molecule has 1 fully saturated rings. The minimum absolute atomic E-state index is 0.188. The first-order valence-electron chi connectivity index (χ1n) is 5.91. The molecule has 2 rings (SSSR count). The van der Waals surface area contributed by atoms with Crippen molar-refractivity contribution in [2.24, 2.45) is 5.92 Å². The number of phenolic OH excluding ortho intramolecular Hbond substituents is 1. The predicted octanol–water partition coefficient (Wildman–Crippen LogP) is 1.31. The molecule has 0 amide bonds. The van der Waals surface area contributed by atoms with E-state index in [9.17, 15) is 9.90 Å². The summed E-state index contributed by atoms with van der Waals surface area (Å²) in [6, 6.07) is 5.17. The number of hydrogen-bond acceptors (Lipinski definition) is 4. The molecule has 1 aliphatic rings. The lowest BCUT2D eigenvalue weighted by Crippen LogP contribution is -2.22. The molecule has 5 nitrogen and oxygen atoms in total. The quantitative estimate of drug-likeness (QED) is 0.844. The Bertz CT molecular complexity index is 447. The highest BCUT2D eigenvalue weighted by Gasteiger charge is 2.28. The second-order valence-electron chi connectivity index (χ2n) is 4.55. The van der Waals surface area contributed by atoms with E-state index in [2.05, 4.69) is 0 Å². The first-order valence-corrected chi connectivity index (χ1v) is 5.91. The van der Waals surface area contributed by atoms with Gasteiger partial charge in [0.1, 0.15) is 11.5 Å². The third-order valence-electron chi connectivity index (χ3n) is 3.31. The summed E-state index contributed by atoms with van der Waals surface area (Å²) in [6.07, 6.45) is 0.673. The van der Waals surface area contributed by atoms with Gasteiger partial charge in [-0.3, -0.25) is 9.69 Å². The molecule has 1 heterocycles. The number of aromatic hydroxyl groups is 1. The van der Waals surface area contributed by atoms with Crippen LogP contribution in [-0.4, -0.2) is 41.3 Å². The van der Waals surface area contributed by atoms with Crippen LogP contribution >= 0.6 is 0 Å². The van der Waals surface area contributed by atoms with Crippen molar-refractivity contribution in [2.45, 2.75) is 13.0 Å². The molecule has 1 aromatic rings. The van der Waals surface area contributed by atoms with Crippen molar-refractivity contribution in [2.75, 3.05) is 20.2 Å². The van der Waals surface area contributed by atoms with Crippen molar-refractivity contribution >= 4 is 5.97 Å². The van der Waals surface area contributed by atoms with Gasteiger partial charge >= 0.3 is 5.97 Å². The molecule has 0 saturated carbocycles. The largest absolute Gasteiger partial charge is 0.507 e. The van der Waals surface area contributed by atoms with Gasteiger partial charge in [-0.25, -0.2) is 0 Å². The number of likely N-dealkylation sites (tertiary alicyclic amines) is 1. The molecule has 1 atom stereocenters. The number of benzene rings is 1. The van der Waals surface area contributed by atoms with Crippen LogP contribution in [0, 0.1) is 5.92 Å². The number of carboxylic acid groups (broad SMARTS) is 1. The summed E-state index contributed by atoms with van der Waals surface area (Å²) in [5, 5.41) is 18.8. The summed E-state index contributed by atoms with van der Waals surface area (Å²) in [7, 11) is 1.55. The van der Waals surface area contributed by atoms with Gasteiger partial charge in [0.25, 0.3) is 0 Å². The molecule has 0 spiro atoms. The average Bonchev–Trinajstić information content (AvgIpc) is 2.80. The molecule has 0 radical (unpaired) electrons. The van der Waals surface area contributed by atoms with Gasteiger partial charge in [-0.1, -0.05) is 6.07 Å². The maximum atomic E-state index is 10.9. The van der Waals surface area contributed by atoms with E-state index in [1.54, 1.807) is 19.2 Å². The van der Waals surface area contributed by atoms with Crippen molar-refractivity contribution in [3.8, 4) is 11.5 Å². The minimum Gasteiger partial charge on any atom is -0.507 e. The van der Waals surface area contributed by atoms with Gasteiger partial charge in [0.2, 0.25) is 0 Å². The second-order valence-corrected chi connectivity index (χ2v) is 4.55. The normalized spacial score (nSPS) is 19.9. The third kappa shape index (κ3) is 2.73. The topological polar surface area (TPSA) is 70.0 Å². The van der Waals surface area contributed by atoms with E-state index in [4.69, 9.17) is 9.84 Å². The minimum atomic E-state index is -0.739. The highest BCUT2D eigenvalue weighted by molar-refractivity contribution is 5.70. The lowest BCUT2D eigenvalue weighted by molar-refractivity contribution is -0.141. The van der Waals surface area contributed by atoms with Gasteiger partial charge in [0, 0.05) is 24.7 Å². The predicted molar refractivity (Wildman–Crippen MR) is 65.7 cm³/mol. The maximum Gasteiger partial charge on any atom is 0.307 e. The Morgan fingerprint density at radius 1 is 1.56 bits per heavy atom. The van der Waals surface area contributed by atoms with E-state index >= 15 is 0 Å². The summed E-state index contributed by atoms with van der Waals surface area (Å²) < 4.78 is 5.02. The zero-order valence-corrected chi connectivity index (χ0v) is 10.3. The molecule has 2 N–H and O–H groups in total. The lowest BCUT2D eigenvalue weighted by Gasteiger charge is -2.16. The zero-order valence-electron chi connectivity index (χ0n) is 10.3. The molecular weight excluding hydrogens is 234 g/mol. The molecule has 0 aliphatic carbocycles. The molecule has 1 aromatic carbocycles. The first kappa shape index (κ1) is 12.7. The second kappa shape index (κ2) is 5.27. The van der Waals surface area contributed by atoms with Gasteiger partial charge in [-0.05, 0) is 19.0 Å². The van der Waals surface area contributed by atoms with Gasteiger partial charge in [0.05, 0.1) is 13.0 Å². The monoisotopic (exact) mass is 251 g/mol. The van der Waals surface area contributed by atoms with Gasteiger partial charge in [-0.2, -0.15) is 0 Å². The Kier molecular flexibility index (Phi) is 3.72. The van der Waals surface area contributed by atoms with Crippen LogP contribution in [0.5, 0.6) is 11.5 Å². The SMILES string of the molecule is COc1ccc(CN2CCC(C(=O)O)C2)c(O)c1. The fraction of sp³-hybridized carbons (Fsp3) is 0.462. The Balaban J connectivity index is 2.00. The van der Waals surface area contributed by atoms with Crippen LogP contribution in [-0.2, 0) is 11.3 Å². The Morgan fingerprint density at radius 2 is 2.33 bits per heavy atom. The highest BCUT2D eigenvalue weighted by Crippen LogP contribution is 2.26. The smallest absolute Gasteiger partial charge is 0.307 e. The number of rotatable bonds is 4. The van der Waals surface area contributed by atoms with Crippen molar-refractivity contribution < 1.29 is 19.7 Å². The van der Waals surface area contributed by atoms with Crippen LogP contribution in [0.3, 0.4) is 0 Å². The molecule has 18 heavy (non-hydrogen) atoms. The molecule has 5 heteroatoms. The Labute approximate surface area is 106 Å². The van der Waals surface area contributed by atoms with Crippen LogP contribution in [0.4, 0.5) is 0 Å². The summed E-state index contributed by atoms with van der Waals surface area (Å²) in [5.74, 6) is -0.226. The van der Waals surface area contributed by atoms with E-state index in [0.717, 1.165) is 12.1 Å². The summed E-state index contributed by atoms with van der Waals surface area (Å²) in [6.45, 7) is 1.86. The number of carboxylic acids is 1. The fourth-order valence-electron chi connectivity index (χ4n) is 2.22. The number of carbonyl (C=O) groups is 1. The summed E-state index contributed by atoms with van der Waals surface area (Å²) in [4.78, 5) is 12.9. The number of ether oxygens (including phenoxy) is 1. The number of nitrogens with zero attached hydrogens (tertiary/aromatic N) is 1. The number of aliphatic carboxylic acids is 1. The van der Waals surface area contributed by atoms with Crippen LogP contribution in [0.25, 0.3) is 0 Å². The maximum absolute atomic E-state index is 10.9. The third-order valence-corrected chi connectivity index (χ3v) is 3.31. The van der Waals surface area contributed by atoms with E-state index in [0.29, 0.717) is 25.3 Å². The van der Waals surface area contributed by atoms with Gasteiger partial charge < -0.3 is 14.9 Å². The first-order chi connectivity index (χ1) is 8.60. The standard InChI is InChI=1S/C13H17NO4/c1-18-11-3-2-9(12(15)6-11)7-14-5-4-10(8-14)13(16)17/h2-3,6,10,15H,4-5,7-8H2,1H3,(H,16,17). The van der Waals surface area contributed by atoms with Crippen molar-refractivity contribution in [1.29, 1.82) is 0 Å². The molecular formula is C13H17NO4. The van der Waals surface area contributed by atoms with Crippen LogP contribution in [0.2, 0.25) is 0 Å².